The van der Waals surface area contributed by atoms with Gasteiger partial charge in [-0.05, 0) is 31.9 Å². The molecule has 1 aliphatic carbocycles. The summed E-state index contributed by atoms with van der Waals surface area (Å²) in [6.45, 7) is 5.31. The summed E-state index contributed by atoms with van der Waals surface area (Å²) < 4.78 is 14.3. The Morgan fingerprint density at radius 1 is 1.12 bits per heavy atom. The van der Waals surface area contributed by atoms with E-state index in [0.717, 1.165) is 11.1 Å². The fourth-order valence-electron chi connectivity index (χ4n) is 2.78. The first-order valence-electron chi connectivity index (χ1n) is 7.74. The molecular formula is C17H20N2O4S. The highest BCUT2D eigenvalue weighted by atomic mass is 32.2. The van der Waals surface area contributed by atoms with E-state index in [4.69, 9.17) is 0 Å². The third kappa shape index (κ3) is 2.78. The van der Waals surface area contributed by atoms with Gasteiger partial charge in [0, 0.05) is 6.42 Å². The van der Waals surface area contributed by atoms with Crippen LogP contribution < -0.4 is 20.9 Å². The predicted molar refractivity (Wildman–Crippen MR) is 95.4 cm³/mol. The van der Waals surface area contributed by atoms with Crippen molar-refractivity contribution >= 4 is 22.4 Å². The second kappa shape index (κ2) is 5.82. The van der Waals surface area contributed by atoms with E-state index >= 15 is 0 Å². The van der Waals surface area contributed by atoms with Gasteiger partial charge in [-0.2, -0.15) is 0 Å². The van der Waals surface area contributed by atoms with Gasteiger partial charge < -0.3 is 10.4 Å². The van der Waals surface area contributed by atoms with E-state index in [2.05, 4.69) is 10.0 Å². The predicted octanol–water partition coefficient (Wildman–Crippen LogP) is 1.23. The zero-order chi connectivity index (χ0) is 17.6. The Balaban J connectivity index is 1.87. The highest BCUT2D eigenvalue weighted by molar-refractivity contribution is 7.87. The minimum Gasteiger partial charge on any atom is -0.390 e. The average Bonchev–Trinajstić information content (AvgIpc) is 2.84. The molecular weight excluding hydrogens is 328 g/mol. The van der Waals surface area contributed by atoms with E-state index in [9.17, 15) is 18.9 Å². The van der Waals surface area contributed by atoms with Crippen molar-refractivity contribution in [3.05, 3.63) is 55.8 Å². The van der Waals surface area contributed by atoms with Gasteiger partial charge in [-0.25, -0.2) is 4.21 Å². The first-order valence-corrected chi connectivity index (χ1v) is 8.89. The average molecular weight is 348 g/mol. The number of anilines is 2. The molecule has 0 aliphatic heterocycles. The number of nitrogens with one attached hydrogen (secondary N) is 2. The summed E-state index contributed by atoms with van der Waals surface area (Å²) in [5, 5.41) is 13.2. The van der Waals surface area contributed by atoms with Crippen molar-refractivity contribution in [3.63, 3.8) is 0 Å². The highest BCUT2D eigenvalue weighted by Gasteiger charge is 2.34. The summed E-state index contributed by atoms with van der Waals surface area (Å²) in [5.74, 6) is 0. The molecule has 7 heteroatoms. The number of aliphatic hydroxyl groups excluding tert-OH is 1. The second-order valence-corrected chi connectivity index (χ2v) is 8.95. The van der Waals surface area contributed by atoms with Gasteiger partial charge in [0.05, 0.1) is 16.9 Å². The topological polar surface area (TPSA) is 95.5 Å². The molecule has 0 amide bonds. The molecule has 128 valence electrons. The monoisotopic (exact) mass is 348 g/mol. The molecule has 0 spiro atoms. The van der Waals surface area contributed by atoms with Crippen molar-refractivity contribution < 1.29 is 9.32 Å². The van der Waals surface area contributed by atoms with E-state index in [1.54, 1.807) is 20.8 Å². The second-order valence-electron chi connectivity index (χ2n) is 6.98. The van der Waals surface area contributed by atoms with Gasteiger partial charge in [0.25, 0.3) is 10.9 Å². The quantitative estimate of drug-likeness (QED) is 0.722. The molecule has 0 heterocycles. The lowest BCUT2D eigenvalue weighted by atomic mass is 10.1. The summed E-state index contributed by atoms with van der Waals surface area (Å²) >= 11 is 0. The molecule has 0 saturated heterocycles. The molecule has 0 radical (unpaired) electrons. The minimum atomic E-state index is -1.51. The van der Waals surface area contributed by atoms with Crippen molar-refractivity contribution in [3.8, 4) is 0 Å². The standard InChI is InChI=1S/C17H20N2O4S/c1-17(2,3)24(23)19-14-13(15(21)16(14)22)18-12-10-7-5-4-6-9(10)8-11(12)20/h4-7,11-12,18-20H,8H2,1-3H3/t11-,12-,24?/m0/s1. The molecule has 2 aromatic carbocycles. The van der Waals surface area contributed by atoms with Gasteiger partial charge in [-0.3, -0.25) is 14.3 Å². The van der Waals surface area contributed by atoms with E-state index in [1.807, 2.05) is 24.3 Å². The van der Waals surface area contributed by atoms with Crippen LogP contribution in [-0.4, -0.2) is 20.2 Å². The first-order chi connectivity index (χ1) is 11.2. The molecule has 0 aromatic heterocycles. The van der Waals surface area contributed by atoms with Crippen molar-refractivity contribution in [2.24, 2.45) is 0 Å². The molecule has 0 bridgehead atoms. The van der Waals surface area contributed by atoms with Crippen molar-refractivity contribution in [2.75, 3.05) is 10.0 Å². The fourth-order valence-corrected chi connectivity index (χ4v) is 3.46. The highest BCUT2D eigenvalue weighted by Crippen LogP contribution is 2.35. The van der Waals surface area contributed by atoms with Crippen molar-refractivity contribution in [1.82, 2.24) is 0 Å². The van der Waals surface area contributed by atoms with Gasteiger partial charge in [-0.15, -0.1) is 0 Å². The zero-order valence-electron chi connectivity index (χ0n) is 13.8. The lowest BCUT2D eigenvalue weighted by Gasteiger charge is -2.24. The van der Waals surface area contributed by atoms with Crippen LogP contribution in [0.25, 0.3) is 0 Å². The van der Waals surface area contributed by atoms with Gasteiger partial charge in [0.2, 0.25) is 0 Å². The molecule has 1 unspecified atom stereocenters. The maximum absolute atomic E-state index is 12.2. The summed E-state index contributed by atoms with van der Waals surface area (Å²) in [4.78, 5) is 23.7. The zero-order valence-corrected chi connectivity index (χ0v) is 14.6. The fraction of sp³-hybridized carbons (Fsp3) is 0.412. The van der Waals surface area contributed by atoms with E-state index in [-0.39, 0.29) is 11.4 Å². The molecule has 2 aromatic rings. The number of fused-ring (bicyclic) bond motifs is 1. The number of aliphatic hydroxyl groups is 1. The third-order valence-corrected chi connectivity index (χ3v) is 5.67. The number of hydrogen-bond donors (Lipinski definition) is 3. The van der Waals surface area contributed by atoms with Crippen LogP contribution in [0, 0.1) is 0 Å². The maximum Gasteiger partial charge on any atom is 0.254 e. The smallest absolute Gasteiger partial charge is 0.254 e. The Morgan fingerprint density at radius 3 is 2.42 bits per heavy atom. The minimum absolute atomic E-state index is 0.0323. The summed E-state index contributed by atoms with van der Waals surface area (Å²) in [6, 6.07) is 7.10. The lowest BCUT2D eigenvalue weighted by Crippen LogP contribution is -2.41. The van der Waals surface area contributed by atoms with Gasteiger partial charge in [0.15, 0.2) is 0 Å². The lowest BCUT2D eigenvalue weighted by molar-refractivity contribution is 0.166. The van der Waals surface area contributed by atoms with Crippen LogP contribution >= 0.6 is 0 Å². The van der Waals surface area contributed by atoms with Gasteiger partial charge >= 0.3 is 0 Å². The maximum atomic E-state index is 12.2. The SMILES string of the molecule is CC(C)(C)S(=O)Nc1c(N[C@H]2c3ccccc3C[C@@H]2O)c(=O)c1=O. The summed E-state index contributed by atoms with van der Waals surface area (Å²) in [7, 11) is -1.51. The Labute approximate surface area is 142 Å². The molecule has 24 heavy (non-hydrogen) atoms. The summed E-state index contributed by atoms with van der Waals surface area (Å²) in [5.41, 5.74) is 0.703. The Bertz CT molecular complexity index is 878. The van der Waals surface area contributed by atoms with E-state index < -0.39 is 38.7 Å². The molecule has 3 rings (SSSR count). The molecule has 0 saturated carbocycles. The Hall–Kier alpha value is -1.99. The molecule has 3 atom stereocenters. The van der Waals surface area contributed by atoms with Crippen LogP contribution in [0.1, 0.15) is 37.9 Å². The van der Waals surface area contributed by atoms with E-state index in [1.165, 1.54) is 0 Å². The molecule has 0 fully saturated rings. The van der Waals surface area contributed by atoms with Crippen molar-refractivity contribution in [1.29, 1.82) is 0 Å². The van der Waals surface area contributed by atoms with Crippen LogP contribution in [0.3, 0.4) is 0 Å². The van der Waals surface area contributed by atoms with Crippen LogP contribution in [0.4, 0.5) is 11.4 Å². The first kappa shape index (κ1) is 16.9. The van der Waals surface area contributed by atoms with Crippen LogP contribution in [0.5, 0.6) is 0 Å². The van der Waals surface area contributed by atoms with Crippen molar-refractivity contribution in [2.45, 2.75) is 44.1 Å². The van der Waals surface area contributed by atoms with Crippen LogP contribution in [-0.2, 0) is 17.4 Å². The largest absolute Gasteiger partial charge is 0.390 e. The Kier molecular flexibility index (Phi) is 4.09. The Morgan fingerprint density at radius 2 is 1.75 bits per heavy atom. The van der Waals surface area contributed by atoms with E-state index in [0.29, 0.717) is 6.42 Å². The molecule has 1 aliphatic rings. The third-order valence-electron chi connectivity index (χ3n) is 4.17. The summed E-state index contributed by atoms with van der Waals surface area (Å²) in [6.07, 6.45) is -0.201. The van der Waals surface area contributed by atoms with Gasteiger partial charge in [0.1, 0.15) is 22.4 Å². The number of hydrogen-bond acceptors (Lipinski definition) is 5. The number of benzene rings is 1. The normalized spacial score (nSPS) is 21.5. The van der Waals surface area contributed by atoms with Crippen LogP contribution in [0.2, 0.25) is 0 Å². The number of rotatable bonds is 4. The molecule has 6 nitrogen and oxygen atoms in total. The van der Waals surface area contributed by atoms with Crippen LogP contribution in [0.15, 0.2) is 33.9 Å². The molecule has 3 N–H and O–H groups in total. The van der Waals surface area contributed by atoms with Gasteiger partial charge in [-0.1, -0.05) is 24.3 Å².